The maximum absolute atomic E-state index is 8.94. The Hall–Kier alpha value is -0.0400. The molecule has 1 unspecified atom stereocenters. The highest BCUT2D eigenvalue weighted by Gasteiger charge is 2.00. The van der Waals surface area contributed by atoms with Crippen LogP contribution in [0.2, 0.25) is 0 Å². The fourth-order valence-corrected chi connectivity index (χ4v) is 1.41. The van der Waals surface area contributed by atoms with Crippen LogP contribution in [-0.2, 0) is 0 Å². The molecule has 110 valence electrons. The summed E-state index contributed by atoms with van der Waals surface area (Å²) in [5.74, 6) is 1.09. The highest BCUT2D eigenvalue weighted by Crippen LogP contribution is 1.97. The molecule has 0 amide bonds. The van der Waals surface area contributed by atoms with Gasteiger partial charge in [-0.15, -0.1) is 24.0 Å². The number of guanidine groups is 1. The zero-order valence-corrected chi connectivity index (χ0v) is 14.4. The molecule has 0 bridgehead atoms. The highest BCUT2D eigenvalue weighted by atomic mass is 127. The molecule has 0 aliphatic heterocycles. The Labute approximate surface area is 129 Å². The molecule has 0 radical (unpaired) electrons. The smallest absolute Gasteiger partial charge is 0.191 e. The molecule has 0 aromatic carbocycles. The van der Waals surface area contributed by atoms with Crippen LogP contribution in [0.5, 0.6) is 0 Å². The predicted molar refractivity (Wildman–Crippen MR) is 89.8 cm³/mol. The number of aliphatic hydroxyl groups is 1. The van der Waals surface area contributed by atoms with Crippen LogP contribution in [0, 0.1) is 5.92 Å². The first kappa shape index (κ1) is 20.3. The van der Waals surface area contributed by atoms with Gasteiger partial charge in [-0.05, 0) is 19.3 Å². The number of hydrogen-bond donors (Lipinski definition) is 3. The highest BCUT2D eigenvalue weighted by molar-refractivity contribution is 14.0. The largest absolute Gasteiger partial charge is 0.396 e. The van der Waals surface area contributed by atoms with Crippen molar-refractivity contribution in [3.63, 3.8) is 0 Å². The summed E-state index contributed by atoms with van der Waals surface area (Å²) in [7, 11) is 0. The minimum absolute atomic E-state index is 0. The van der Waals surface area contributed by atoms with Crippen LogP contribution >= 0.6 is 24.0 Å². The van der Waals surface area contributed by atoms with E-state index in [-0.39, 0.29) is 36.5 Å². The number of unbranched alkanes of at least 4 members (excludes halogenated alkanes) is 3. The van der Waals surface area contributed by atoms with E-state index in [1.54, 1.807) is 0 Å². The van der Waals surface area contributed by atoms with Gasteiger partial charge >= 0.3 is 0 Å². The quantitative estimate of drug-likeness (QED) is 0.252. The van der Waals surface area contributed by atoms with Crippen molar-refractivity contribution in [2.45, 2.75) is 46.5 Å². The average molecular weight is 371 g/mol. The molecule has 1 atom stereocenters. The zero-order chi connectivity index (χ0) is 12.9. The molecule has 0 rings (SSSR count). The summed E-state index contributed by atoms with van der Waals surface area (Å²) in [6, 6.07) is 0. The summed E-state index contributed by atoms with van der Waals surface area (Å²) in [6.45, 7) is 8.97. The molecule has 0 aliphatic rings. The van der Waals surface area contributed by atoms with Crippen molar-refractivity contribution in [1.29, 1.82) is 0 Å². The van der Waals surface area contributed by atoms with E-state index in [1.807, 2.05) is 6.92 Å². The third kappa shape index (κ3) is 12.4. The van der Waals surface area contributed by atoms with E-state index in [9.17, 15) is 0 Å². The Bertz CT molecular complexity index is 201. The van der Waals surface area contributed by atoms with Gasteiger partial charge in [0.25, 0.3) is 0 Å². The maximum atomic E-state index is 8.94. The molecule has 0 aromatic heterocycles. The van der Waals surface area contributed by atoms with Crippen molar-refractivity contribution < 1.29 is 5.11 Å². The van der Waals surface area contributed by atoms with Gasteiger partial charge in [0, 0.05) is 26.2 Å². The number of halogens is 1. The first-order valence-electron chi connectivity index (χ1n) is 6.87. The molecule has 0 saturated carbocycles. The van der Waals surface area contributed by atoms with Crippen LogP contribution in [0.3, 0.4) is 0 Å². The second-order valence-electron chi connectivity index (χ2n) is 4.49. The van der Waals surface area contributed by atoms with E-state index in [0.717, 1.165) is 19.0 Å². The Kier molecular flexibility index (Phi) is 16.9. The van der Waals surface area contributed by atoms with Gasteiger partial charge in [0.05, 0.1) is 0 Å². The van der Waals surface area contributed by atoms with E-state index in [4.69, 9.17) is 5.11 Å². The van der Waals surface area contributed by atoms with Crippen molar-refractivity contribution in [3.8, 4) is 0 Å². The number of nitrogens with one attached hydrogen (secondary N) is 2. The van der Waals surface area contributed by atoms with Crippen LogP contribution < -0.4 is 10.6 Å². The van der Waals surface area contributed by atoms with Crippen LogP contribution in [0.4, 0.5) is 0 Å². The Morgan fingerprint density at radius 1 is 1.17 bits per heavy atom. The first-order chi connectivity index (χ1) is 8.24. The average Bonchev–Trinajstić information content (AvgIpc) is 2.35. The lowest BCUT2D eigenvalue weighted by Crippen LogP contribution is -2.38. The lowest BCUT2D eigenvalue weighted by molar-refractivity contribution is 0.241. The van der Waals surface area contributed by atoms with Gasteiger partial charge in [0.1, 0.15) is 0 Å². The summed E-state index contributed by atoms with van der Waals surface area (Å²) in [5.41, 5.74) is 0. The van der Waals surface area contributed by atoms with Gasteiger partial charge in [0.2, 0.25) is 0 Å². The van der Waals surface area contributed by atoms with Crippen LogP contribution in [-0.4, -0.2) is 37.3 Å². The zero-order valence-electron chi connectivity index (χ0n) is 12.0. The van der Waals surface area contributed by atoms with Gasteiger partial charge in [-0.2, -0.15) is 0 Å². The number of aliphatic imine (C=N–C) groups is 1. The number of aliphatic hydroxyl groups excluding tert-OH is 1. The SMILES string of the molecule is CCCCCCNC(=NCC(C)CO)NCC.I. The van der Waals surface area contributed by atoms with Gasteiger partial charge in [0.15, 0.2) is 5.96 Å². The molecule has 4 nitrogen and oxygen atoms in total. The third-order valence-electron chi connectivity index (χ3n) is 2.54. The predicted octanol–water partition coefficient (Wildman–Crippen LogP) is 2.37. The Morgan fingerprint density at radius 3 is 2.44 bits per heavy atom. The third-order valence-corrected chi connectivity index (χ3v) is 2.54. The minimum Gasteiger partial charge on any atom is -0.396 e. The van der Waals surface area contributed by atoms with E-state index in [0.29, 0.717) is 6.54 Å². The molecule has 5 heteroatoms. The lowest BCUT2D eigenvalue weighted by Gasteiger charge is -2.12. The molecule has 0 spiro atoms. The minimum atomic E-state index is 0. The molecular weight excluding hydrogens is 341 g/mol. The van der Waals surface area contributed by atoms with Gasteiger partial charge in [-0.1, -0.05) is 33.1 Å². The van der Waals surface area contributed by atoms with Gasteiger partial charge < -0.3 is 15.7 Å². The standard InChI is InChI=1S/C13H29N3O.HI/c1-4-6-7-8-9-15-13(14-5-2)16-10-12(3)11-17;/h12,17H,4-11H2,1-3H3,(H2,14,15,16);1H. The van der Waals surface area contributed by atoms with Crippen molar-refractivity contribution >= 4 is 29.9 Å². The van der Waals surface area contributed by atoms with Crippen molar-refractivity contribution in [1.82, 2.24) is 10.6 Å². The Morgan fingerprint density at radius 2 is 1.89 bits per heavy atom. The topological polar surface area (TPSA) is 56.7 Å². The van der Waals surface area contributed by atoms with Crippen LogP contribution in [0.25, 0.3) is 0 Å². The summed E-state index contributed by atoms with van der Waals surface area (Å²) < 4.78 is 0. The fourth-order valence-electron chi connectivity index (χ4n) is 1.41. The van der Waals surface area contributed by atoms with E-state index >= 15 is 0 Å². The molecule has 3 N–H and O–H groups in total. The van der Waals surface area contributed by atoms with Crippen LogP contribution in [0.1, 0.15) is 46.5 Å². The number of nitrogens with zero attached hydrogens (tertiary/aromatic N) is 1. The first-order valence-corrected chi connectivity index (χ1v) is 6.87. The molecule has 0 aromatic rings. The van der Waals surface area contributed by atoms with Crippen molar-refractivity contribution in [3.05, 3.63) is 0 Å². The molecule has 0 fully saturated rings. The molecule has 0 aliphatic carbocycles. The van der Waals surface area contributed by atoms with Gasteiger partial charge in [-0.25, -0.2) is 0 Å². The second kappa shape index (κ2) is 15.0. The second-order valence-corrected chi connectivity index (χ2v) is 4.49. The molecule has 0 saturated heterocycles. The maximum Gasteiger partial charge on any atom is 0.191 e. The Balaban J connectivity index is 0. The number of hydrogen-bond acceptors (Lipinski definition) is 2. The van der Waals surface area contributed by atoms with Crippen molar-refractivity contribution in [2.75, 3.05) is 26.2 Å². The summed E-state index contributed by atoms with van der Waals surface area (Å²) in [5, 5.41) is 15.5. The van der Waals surface area contributed by atoms with Gasteiger partial charge in [-0.3, -0.25) is 4.99 Å². The summed E-state index contributed by atoms with van der Waals surface area (Å²) >= 11 is 0. The van der Waals surface area contributed by atoms with E-state index in [2.05, 4.69) is 29.5 Å². The normalized spacial score (nSPS) is 12.8. The van der Waals surface area contributed by atoms with E-state index < -0.39 is 0 Å². The lowest BCUT2D eigenvalue weighted by atomic mass is 10.2. The van der Waals surface area contributed by atoms with Crippen LogP contribution in [0.15, 0.2) is 4.99 Å². The molecular formula is C13H30IN3O. The molecule has 18 heavy (non-hydrogen) atoms. The molecule has 0 heterocycles. The fraction of sp³-hybridized carbons (Fsp3) is 0.923. The van der Waals surface area contributed by atoms with Crippen molar-refractivity contribution in [2.24, 2.45) is 10.9 Å². The van der Waals surface area contributed by atoms with E-state index in [1.165, 1.54) is 25.7 Å². The number of rotatable bonds is 9. The monoisotopic (exact) mass is 371 g/mol. The summed E-state index contributed by atoms with van der Waals surface area (Å²) in [6.07, 6.45) is 5.03. The summed E-state index contributed by atoms with van der Waals surface area (Å²) in [4.78, 5) is 4.44.